The van der Waals surface area contributed by atoms with Crippen molar-refractivity contribution in [3.63, 3.8) is 0 Å². The quantitative estimate of drug-likeness (QED) is 0.944. The Balaban J connectivity index is 1.86. The van der Waals surface area contributed by atoms with Crippen molar-refractivity contribution in [2.45, 2.75) is 25.2 Å². The summed E-state index contributed by atoms with van der Waals surface area (Å²) >= 11 is 0. The minimum atomic E-state index is -0.422. The van der Waals surface area contributed by atoms with Crippen molar-refractivity contribution >= 4 is 5.91 Å². The van der Waals surface area contributed by atoms with Gasteiger partial charge in [0.2, 0.25) is 5.91 Å². The lowest BCUT2D eigenvalue weighted by Gasteiger charge is -2.40. The maximum absolute atomic E-state index is 12.1. The van der Waals surface area contributed by atoms with Gasteiger partial charge in [-0.15, -0.1) is 0 Å². The number of nitrogens with two attached hydrogens (primary N) is 1. The van der Waals surface area contributed by atoms with E-state index in [1.54, 1.807) is 0 Å². The molecule has 3 atom stereocenters. The zero-order valence-corrected chi connectivity index (χ0v) is 13.3. The molecule has 23 heavy (non-hydrogen) atoms. The van der Waals surface area contributed by atoms with Crippen LogP contribution in [0.3, 0.4) is 0 Å². The van der Waals surface area contributed by atoms with E-state index in [-0.39, 0.29) is 18.1 Å². The molecule has 0 spiro atoms. The lowest BCUT2D eigenvalue weighted by molar-refractivity contribution is -0.131. The largest absolute Gasteiger partial charge is 0.368 e. The maximum atomic E-state index is 12.1. The molecule has 0 saturated carbocycles. The van der Waals surface area contributed by atoms with Crippen LogP contribution in [-0.2, 0) is 9.53 Å². The Morgan fingerprint density at radius 1 is 1.09 bits per heavy atom. The number of nitrogens with zero attached hydrogens (tertiary/aromatic N) is 1. The van der Waals surface area contributed by atoms with Gasteiger partial charge in [0, 0.05) is 13.1 Å². The number of hydrogen-bond acceptors (Lipinski definition) is 3. The summed E-state index contributed by atoms with van der Waals surface area (Å²) in [7, 11) is 0. The van der Waals surface area contributed by atoms with Gasteiger partial charge in [-0.05, 0) is 18.1 Å². The summed E-state index contributed by atoms with van der Waals surface area (Å²) in [5.74, 6) is -0.322. The van der Waals surface area contributed by atoms with E-state index in [0.29, 0.717) is 13.1 Å². The van der Waals surface area contributed by atoms with E-state index in [4.69, 9.17) is 10.5 Å². The molecule has 0 bridgehead atoms. The number of hydrogen-bond donors (Lipinski definition) is 1. The first-order valence-corrected chi connectivity index (χ1v) is 7.94. The molecule has 0 radical (unpaired) electrons. The van der Waals surface area contributed by atoms with E-state index in [0.717, 1.165) is 11.1 Å². The van der Waals surface area contributed by atoms with Gasteiger partial charge in [0.15, 0.2) is 0 Å². The summed E-state index contributed by atoms with van der Waals surface area (Å²) in [6.07, 6.45) is -0.00923. The lowest BCUT2D eigenvalue weighted by atomic mass is 10.0. The minimum absolute atomic E-state index is 0.0412. The van der Waals surface area contributed by atoms with Crippen LogP contribution in [0.2, 0.25) is 0 Å². The van der Waals surface area contributed by atoms with E-state index >= 15 is 0 Å². The summed E-state index contributed by atoms with van der Waals surface area (Å²) in [6.45, 7) is 3.37. The molecule has 3 rings (SSSR count). The predicted molar refractivity (Wildman–Crippen MR) is 89.7 cm³/mol. The Bertz CT molecular complexity index is 645. The standard InChI is InChI=1S/C19H22N2O2/c1-14-12-21(13-17(23-14)15-8-4-2-5-9-15)18(19(20)22)16-10-6-3-7-11-16/h2-11,14,17-18H,12-13H2,1H3,(H2,20,22)/t14-,17+,18+/m1/s1. The second-order valence-electron chi connectivity index (χ2n) is 6.02. The maximum Gasteiger partial charge on any atom is 0.239 e. The van der Waals surface area contributed by atoms with Crippen molar-refractivity contribution in [2.24, 2.45) is 5.73 Å². The monoisotopic (exact) mass is 310 g/mol. The fourth-order valence-electron chi connectivity index (χ4n) is 3.24. The molecule has 4 heteroatoms. The Morgan fingerprint density at radius 3 is 2.30 bits per heavy atom. The summed E-state index contributed by atoms with van der Waals surface area (Å²) in [5.41, 5.74) is 7.76. The van der Waals surface area contributed by atoms with Crippen molar-refractivity contribution in [3.05, 3.63) is 71.8 Å². The first-order chi connectivity index (χ1) is 11.1. The van der Waals surface area contributed by atoms with Gasteiger partial charge in [0.25, 0.3) is 0 Å². The van der Waals surface area contributed by atoms with Gasteiger partial charge in [-0.2, -0.15) is 0 Å². The zero-order chi connectivity index (χ0) is 16.2. The molecule has 0 aromatic heterocycles. The number of carbonyl (C=O) groups is 1. The normalized spacial score (nSPS) is 23.3. The molecule has 4 nitrogen and oxygen atoms in total. The van der Waals surface area contributed by atoms with Gasteiger partial charge in [-0.3, -0.25) is 9.69 Å². The molecular formula is C19H22N2O2. The molecule has 1 aliphatic heterocycles. The Labute approximate surface area is 136 Å². The van der Waals surface area contributed by atoms with E-state index in [1.807, 2.05) is 55.5 Å². The van der Waals surface area contributed by atoms with Crippen molar-refractivity contribution in [2.75, 3.05) is 13.1 Å². The van der Waals surface area contributed by atoms with E-state index in [9.17, 15) is 4.79 Å². The third-order valence-corrected chi connectivity index (χ3v) is 4.21. The van der Waals surface area contributed by atoms with Crippen LogP contribution in [0.5, 0.6) is 0 Å². The number of amides is 1. The van der Waals surface area contributed by atoms with Crippen LogP contribution in [0, 0.1) is 0 Å². The fourth-order valence-corrected chi connectivity index (χ4v) is 3.24. The lowest BCUT2D eigenvalue weighted by Crippen LogP contribution is -2.48. The highest BCUT2D eigenvalue weighted by Crippen LogP contribution is 2.30. The van der Waals surface area contributed by atoms with Crippen LogP contribution in [0.1, 0.15) is 30.2 Å². The van der Waals surface area contributed by atoms with Gasteiger partial charge >= 0.3 is 0 Å². The average molecular weight is 310 g/mol. The molecule has 0 unspecified atom stereocenters. The number of primary amides is 1. The van der Waals surface area contributed by atoms with Gasteiger partial charge < -0.3 is 10.5 Å². The molecule has 2 aromatic rings. The zero-order valence-electron chi connectivity index (χ0n) is 13.3. The van der Waals surface area contributed by atoms with Crippen molar-refractivity contribution < 1.29 is 9.53 Å². The van der Waals surface area contributed by atoms with Crippen molar-refractivity contribution in [1.29, 1.82) is 0 Å². The van der Waals surface area contributed by atoms with Crippen molar-refractivity contribution in [1.82, 2.24) is 4.90 Å². The minimum Gasteiger partial charge on any atom is -0.368 e. The van der Waals surface area contributed by atoms with Crippen LogP contribution >= 0.6 is 0 Å². The molecule has 0 aliphatic carbocycles. The van der Waals surface area contributed by atoms with Gasteiger partial charge in [-0.25, -0.2) is 0 Å². The number of ether oxygens (including phenoxy) is 1. The molecular weight excluding hydrogens is 288 g/mol. The second-order valence-corrected chi connectivity index (χ2v) is 6.02. The van der Waals surface area contributed by atoms with Crippen LogP contribution in [-0.4, -0.2) is 30.0 Å². The number of carbonyl (C=O) groups excluding carboxylic acids is 1. The predicted octanol–water partition coefficient (Wildman–Crippen LogP) is 2.68. The van der Waals surface area contributed by atoms with E-state index in [2.05, 4.69) is 17.0 Å². The first kappa shape index (κ1) is 15.7. The second kappa shape index (κ2) is 6.94. The molecule has 2 aromatic carbocycles. The highest BCUT2D eigenvalue weighted by atomic mass is 16.5. The van der Waals surface area contributed by atoms with Crippen LogP contribution in [0.4, 0.5) is 0 Å². The summed E-state index contributed by atoms with van der Waals surface area (Å²) in [4.78, 5) is 14.2. The molecule has 1 fully saturated rings. The third-order valence-electron chi connectivity index (χ3n) is 4.21. The molecule has 120 valence electrons. The first-order valence-electron chi connectivity index (χ1n) is 7.94. The van der Waals surface area contributed by atoms with Crippen LogP contribution in [0.25, 0.3) is 0 Å². The topological polar surface area (TPSA) is 55.6 Å². The SMILES string of the molecule is C[C@@H]1CN([C@H](C(N)=O)c2ccccc2)C[C@@H](c2ccccc2)O1. The Hall–Kier alpha value is -2.17. The number of rotatable bonds is 4. The highest BCUT2D eigenvalue weighted by Gasteiger charge is 2.34. The summed E-state index contributed by atoms with van der Waals surface area (Å²) in [6, 6.07) is 19.4. The van der Waals surface area contributed by atoms with E-state index < -0.39 is 6.04 Å². The third kappa shape index (κ3) is 3.60. The Kier molecular flexibility index (Phi) is 4.74. The van der Waals surface area contributed by atoms with E-state index in [1.165, 1.54) is 0 Å². The van der Waals surface area contributed by atoms with Crippen LogP contribution in [0.15, 0.2) is 60.7 Å². The molecule has 1 amide bonds. The summed E-state index contributed by atoms with van der Waals surface area (Å²) < 4.78 is 6.07. The van der Waals surface area contributed by atoms with Gasteiger partial charge in [-0.1, -0.05) is 60.7 Å². The molecule has 1 aliphatic rings. The molecule has 1 heterocycles. The summed E-state index contributed by atoms with van der Waals surface area (Å²) in [5, 5.41) is 0. The highest BCUT2D eigenvalue weighted by molar-refractivity contribution is 5.81. The Morgan fingerprint density at radius 2 is 1.70 bits per heavy atom. The smallest absolute Gasteiger partial charge is 0.239 e. The molecule has 2 N–H and O–H groups in total. The van der Waals surface area contributed by atoms with Gasteiger partial charge in [0.05, 0.1) is 12.2 Å². The fraction of sp³-hybridized carbons (Fsp3) is 0.316. The molecule has 1 saturated heterocycles. The average Bonchev–Trinajstić information content (AvgIpc) is 2.56. The number of morpholine rings is 1. The van der Waals surface area contributed by atoms with Crippen LogP contribution < -0.4 is 5.73 Å². The number of benzene rings is 2. The van der Waals surface area contributed by atoms with Crippen molar-refractivity contribution in [3.8, 4) is 0 Å². The van der Waals surface area contributed by atoms with Gasteiger partial charge in [0.1, 0.15) is 6.04 Å².